The molecule has 1 atom stereocenters. The third kappa shape index (κ3) is 3.79. The molecule has 0 aliphatic heterocycles. The van der Waals surface area contributed by atoms with Gasteiger partial charge in [0.2, 0.25) is 0 Å². The van der Waals surface area contributed by atoms with Crippen molar-refractivity contribution in [2.45, 2.75) is 38.1 Å². The summed E-state index contributed by atoms with van der Waals surface area (Å²) in [6, 6.07) is 4.76. The molecule has 0 bridgehead atoms. The van der Waals surface area contributed by atoms with Crippen molar-refractivity contribution in [3.63, 3.8) is 0 Å². The number of nitrogens with zero attached hydrogens (tertiary/aromatic N) is 2. The van der Waals surface area contributed by atoms with Gasteiger partial charge in [0.1, 0.15) is 0 Å². The predicted molar refractivity (Wildman–Crippen MR) is 75.7 cm³/mol. The molecule has 0 spiro atoms. The van der Waals surface area contributed by atoms with Gasteiger partial charge in [-0.05, 0) is 70.9 Å². The number of hydrogen-bond acceptors (Lipinski definition) is 3. The molecule has 1 aliphatic carbocycles. The fourth-order valence-electron chi connectivity index (χ4n) is 2.64. The Kier molecular flexibility index (Phi) is 5.14. The van der Waals surface area contributed by atoms with E-state index in [1.54, 1.807) is 0 Å². The zero-order chi connectivity index (χ0) is 12.8. The zero-order valence-electron chi connectivity index (χ0n) is 11.7. The number of pyridine rings is 1. The molecular formula is C15H25N3. The molecule has 0 fully saturated rings. The van der Waals surface area contributed by atoms with Crippen LogP contribution in [0.2, 0.25) is 0 Å². The Labute approximate surface area is 111 Å². The first-order chi connectivity index (χ1) is 8.77. The summed E-state index contributed by atoms with van der Waals surface area (Å²) in [6.45, 7) is 2.29. The summed E-state index contributed by atoms with van der Waals surface area (Å²) in [7, 11) is 4.27. The van der Waals surface area contributed by atoms with Crippen molar-refractivity contribution in [3.05, 3.63) is 29.6 Å². The van der Waals surface area contributed by atoms with Gasteiger partial charge in [0, 0.05) is 12.2 Å². The normalized spacial score (nSPS) is 18.9. The van der Waals surface area contributed by atoms with E-state index in [4.69, 9.17) is 0 Å². The lowest BCUT2D eigenvalue weighted by atomic mass is 9.92. The Balaban J connectivity index is 1.77. The van der Waals surface area contributed by atoms with Crippen LogP contribution in [0.4, 0.5) is 0 Å². The van der Waals surface area contributed by atoms with Gasteiger partial charge >= 0.3 is 0 Å². The average Bonchev–Trinajstić information content (AvgIpc) is 2.38. The van der Waals surface area contributed by atoms with Crippen LogP contribution in [-0.4, -0.2) is 37.1 Å². The molecule has 0 radical (unpaired) electrons. The highest BCUT2D eigenvalue weighted by molar-refractivity contribution is 5.25. The molecule has 1 N–H and O–H groups in total. The van der Waals surface area contributed by atoms with Crippen LogP contribution in [0.15, 0.2) is 18.3 Å². The van der Waals surface area contributed by atoms with Crippen LogP contribution in [-0.2, 0) is 6.42 Å². The van der Waals surface area contributed by atoms with E-state index in [1.165, 1.54) is 49.9 Å². The van der Waals surface area contributed by atoms with Crippen molar-refractivity contribution in [2.24, 2.45) is 0 Å². The maximum Gasteiger partial charge on any atom is 0.0605 e. The van der Waals surface area contributed by atoms with Gasteiger partial charge < -0.3 is 10.2 Å². The van der Waals surface area contributed by atoms with Crippen molar-refractivity contribution < 1.29 is 0 Å². The second-order valence-corrected chi connectivity index (χ2v) is 5.46. The number of aromatic nitrogens is 1. The van der Waals surface area contributed by atoms with Crippen molar-refractivity contribution in [1.82, 2.24) is 15.2 Å². The standard InChI is InChI=1S/C15H25N3/c1-18(2)12-4-3-10-16-14-9-5-7-13-8-6-11-17-15(13)14/h6,8,11,14,16H,3-5,7,9-10,12H2,1-2H3. The lowest BCUT2D eigenvalue weighted by Crippen LogP contribution is -2.27. The third-order valence-corrected chi connectivity index (χ3v) is 3.62. The smallest absolute Gasteiger partial charge is 0.0605 e. The summed E-state index contributed by atoms with van der Waals surface area (Å²) in [5.41, 5.74) is 2.73. The Hall–Kier alpha value is -0.930. The number of nitrogens with one attached hydrogen (secondary N) is 1. The molecule has 0 amide bonds. The lowest BCUT2D eigenvalue weighted by molar-refractivity contribution is 0.382. The highest BCUT2D eigenvalue weighted by Gasteiger charge is 2.20. The molecule has 1 unspecified atom stereocenters. The highest BCUT2D eigenvalue weighted by atomic mass is 15.0. The summed E-state index contributed by atoms with van der Waals surface area (Å²) in [5, 5.41) is 3.67. The molecule has 0 saturated carbocycles. The molecule has 1 aromatic rings. The summed E-state index contributed by atoms with van der Waals surface area (Å²) < 4.78 is 0. The molecule has 0 saturated heterocycles. The Morgan fingerprint density at radius 2 is 2.28 bits per heavy atom. The van der Waals surface area contributed by atoms with Gasteiger partial charge in [-0.3, -0.25) is 4.98 Å². The Morgan fingerprint density at radius 1 is 1.39 bits per heavy atom. The van der Waals surface area contributed by atoms with E-state index < -0.39 is 0 Å². The number of fused-ring (bicyclic) bond motifs is 1. The average molecular weight is 247 g/mol. The minimum absolute atomic E-state index is 0.481. The summed E-state index contributed by atoms with van der Waals surface area (Å²) in [5.74, 6) is 0. The quantitative estimate of drug-likeness (QED) is 0.782. The SMILES string of the molecule is CN(C)CCCCNC1CCCc2cccnc21. The molecule has 1 heterocycles. The fourth-order valence-corrected chi connectivity index (χ4v) is 2.64. The van der Waals surface area contributed by atoms with Crippen LogP contribution in [0.5, 0.6) is 0 Å². The van der Waals surface area contributed by atoms with Gasteiger partial charge in [0.05, 0.1) is 5.69 Å². The maximum absolute atomic E-state index is 4.56. The molecule has 1 aliphatic rings. The van der Waals surface area contributed by atoms with E-state index in [0.29, 0.717) is 6.04 Å². The molecule has 100 valence electrons. The van der Waals surface area contributed by atoms with Crippen molar-refractivity contribution in [3.8, 4) is 0 Å². The second kappa shape index (κ2) is 6.86. The highest BCUT2D eigenvalue weighted by Crippen LogP contribution is 2.27. The monoisotopic (exact) mass is 247 g/mol. The minimum atomic E-state index is 0.481. The van der Waals surface area contributed by atoms with Crippen LogP contribution in [0.1, 0.15) is 43.0 Å². The van der Waals surface area contributed by atoms with E-state index in [2.05, 4.69) is 41.4 Å². The van der Waals surface area contributed by atoms with Gasteiger partial charge in [-0.25, -0.2) is 0 Å². The number of aryl methyl sites for hydroxylation is 1. The molecule has 3 nitrogen and oxygen atoms in total. The van der Waals surface area contributed by atoms with E-state index in [-0.39, 0.29) is 0 Å². The topological polar surface area (TPSA) is 28.2 Å². The van der Waals surface area contributed by atoms with E-state index in [9.17, 15) is 0 Å². The van der Waals surface area contributed by atoms with Gasteiger partial charge in [0.25, 0.3) is 0 Å². The first kappa shape index (κ1) is 13.5. The number of rotatable bonds is 6. The van der Waals surface area contributed by atoms with Crippen LogP contribution in [0.25, 0.3) is 0 Å². The van der Waals surface area contributed by atoms with Gasteiger partial charge in [0.15, 0.2) is 0 Å². The van der Waals surface area contributed by atoms with E-state index in [0.717, 1.165) is 6.54 Å². The minimum Gasteiger partial charge on any atom is -0.309 e. The summed E-state index contributed by atoms with van der Waals surface area (Å²) in [4.78, 5) is 6.80. The van der Waals surface area contributed by atoms with Gasteiger partial charge in [-0.15, -0.1) is 0 Å². The zero-order valence-corrected chi connectivity index (χ0v) is 11.7. The van der Waals surface area contributed by atoms with Crippen molar-refractivity contribution >= 4 is 0 Å². The first-order valence-electron chi connectivity index (χ1n) is 7.09. The number of unbranched alkanes of at least 4 members (excludes halogenated alkanes) is 1. The summed E-state index contributed by atoms with van der Waals surface area (Å²) >= 11 is 0. The number of hydrogen-bond donors (Lipinski definition) is 1. The molecule has 18 heavy (non-hydrogen) atoms. The largest absolute Gasteiger partial charge is 0.309 e. The van der Waals surface area contributed by atoms with E-state index >= 15 is 0 Å². The van der Waals surface area contributed by atoms with Crippen LogP contribution < -0.4 is 5.32 Å². The van der Waals surface area contributed by atoms with Crippen LogP contribution in [0, 0.1) is 0 Å². The van der Waals surface area contributed by atoms with Crippen molar-refractivity contribution in [1.29, 1.82) is 0 Å². The van der Waals surface area contributed by atoms with Crippen LogP contribution >= 0.6 is 0 Å². The van der Waals surface area contributed by atoms with Crippen LogP contribution in [0.3, 0.4) is 0 Å². The predicted octanol–water partition coefficient (Wildman–Crippen LogP) is 2.39. The van der Waals surface area contributed by atoms with Gasteiger partial charge in [-0.1, -0.05) is 6.07 Å². The van der Waals surface area contributed by atoms with E-state index in [1.807, 2.05) is 6.20 Å². The van der Waals surface area contributed by atoms with Gasteiger partial charge in [-0.2, -0.15) is 0 Å². The fraction of sp³-hybridized carbons (Fsp3) is 0.667. The summed E-state index contributed by atoms with van der Waals surface area (Å²) in [6.07, 6.45) is 8.15. The molecular weight excluding hydrogens is 222 g/mol. The first-order valence-corrected chi connectivity index (χ1v) is 7.09. The molecule has 3 heteroatoms. The molecule has 0 aromatic carbocycles. The Morgan fingerprint density at radius 3 is 3.11 bits per heavy atom. The van der Waals surface area contributed by atoms with Crippen molar-refractivity contribution in [2.75, 3.05) is 27.2 Å². The third-order valence-electron chi connectivity index (χ3n) is 3.62. The molecule has 2 rings (SSSR count). The lowest BCUT2D eigenvalue weighted by Gasteiger charge is -2.25. The molecule has 1 aromatic heterocycles. The maximum atomic E-state index is 4.56. The second-order valence-electron chi connectivity index (χ2n) is 5.46. The Bertz CT molecular complexity index is 363.